The van der Waals surface area contributed by atoms with Gasteiger partial charge in [-0.05, 0) is 64.8 Å². The number of benzene rings is 2. The van der Waals surface area contributed by atoms with Crippen LogP contribution in [0.5, 0.6) is 5.75 Å². The summed E-state index contributed by atoms with van der Waals surface area (Å²) in [5, 5.41) is 16.1. The number of rotatable bonds is 9. The fourth-order valence-corrected chi connectivity index (χ4v) is 3.14. The van der Waals surface area contributed by atoms with Crippen LogP contribution >= 0.6 is 0 Å². The average Bonchev–Trinajstić information content (AvgIpc) is 2.70. The summed E-state index contributed by atoms with van der Waals surface area (Å²) in [7, 11) is 0. The molecule has 0 amide bonds. The highest BCUT2D eigenvalue weighted by molar-refractivity contribution is 5.82. The molecule has 1 atom stereocenters. The van der Waals surface area contributed by atoms with Gasteiger partial charge in [-0.1, -0.05) is 42.5 Å². The van der Waals surface area contributed by atoms with Gasteiger partial charge < -0.3 is 14.6 Å². The number of phenolic OH excluding ortho intramolecular Hbond substituents is 1. The molecule has 0 fully saturated rings. The lowest BCUT2D eigenvalue weighted by atomic mass is 9.97. The number of ether oxygens (including phenoxy) is 2. The minimum absolute atomic E-state index is 0.126. The Hall–Kier alpha value is -2.90. The minimum Gasteiger partial charge on any atom is -0.508 e. The molecule has 0 aliphatic carbocycles. The van der Waals surface area contributed by atoms with Gasteiger partial charge in [-0.25, -0.2) is 4.79 Å². The van der Waals surface area contributed by atoms with Crippen LogP contribution in [0, 0.1) is 0 Å². The Morgan fingerprint density at radius 1 is 0.788 bits per heavy atom. The van der Waals surface area contributed by atoms with Crippen LogP contribution in [-0.2, 0) is 32.0 Å². The maximum absolute atomic E-state index is 13.5. The topological polar surface area (TPSA) is 96.9 Å². The zero-order chi connectivity index (χ0) is 24.7. The van der Waals surface area contributed by atoms with E-state index >= 15 is 0 Å². The largest absolute Gasteiger partial charge is 0.508 e. The summed E-state index contributed by atoms with van der Waals surface area (Å²) in [6.07, 6.45) is 0.178. The van der Waals surface area contributed by atoms with E-state index in [4.69, 9.17) is 9.47 Å². The SMILES string of the molecule is CC(C)(C)OC(=O)CN[C@](Cc1ccc(O)cc1)(NCc1ccccc1)C(=O)OC(C)(C)C. The van der Waals surface area contributed by atoms with Gasteiger partial charge >= 0.3 is 11.9 Å². The van der Waals surface area contributed by atoms with E-state index in [1.807, 2.05) is 30.3 Å². The first-order valence-corrected chi connectivity index (χ1v) is 11.1. The Labute approximate surface area is 196 Å². The number of hydrogen-bond donors (Lipinski definition) is 3. The average molecular weight is 457 g/mol. The Morgan fingerprint density at radius 3 is 1.91 bits per heavy atom. The van der Waals surface area contributed by atoms with Crippen molar-refractivity contribution in [3.8, 4) is 5.75 Å². The second kappa shape index (κ2) is 10.8. The first-order valence-electron chi connectivity index (χ1n) is 11.1. The zero-order valence-electron chi connectivity index (χ0n) is 20.4. The molecule has 2 aromatic rings. The molecule has 0 spiro atoms. The second-order valence-corrected chi connectivity index (χ2v) is 10.0. The van der Waals surface area contributed by atoms with E-state index in [0.717, 1.165) is 11.1 Å². The third-order valence-corrected chi connectivity index (χ3v) is 4.54. The fraction of sp³-hybridized carbons (Fsp3) is 0.462. The summed E-state index contributed by atoms with van der Waals surface area (Å²) < 4.78 is 11.2. The predicted octanol–water partition coefficient (Wildman–Crippen LogP) is 3.69. The molecular weight excluding hydrogens is 420 g/mol. The fourth-order valence-electron chi connectivity index (χ4n) is 3.14. The van der Waals surface area contributed by atoms with Crippen LogP contribution in [0.25, 0.3) is 0 Å². The summed E-state index contributed by atoms with van der Waals surface area (Å²) >= 11 is 0. The van der Waals surface area contributed by atoms with Crippen molar-refractivity contribution in [2.75, 3.05) is 6.54 Å². The molecule has 0 radical (unpaired) electrons. The molecule has 0 aromatic heterocycles. The highest BCUT2D eigenvalue weighted by atomic mass is 16.6. The summed E-state index contributed by atoms with van der Waals surface area (Å²) in [5.74, 6) is -0.897. The van der Waals surface area contributed by atoms with Crippen molar-refractivity contribution in [3.63, 3.8) is 0 Å². The lowest BCUT2D eigenvalue weighted by Crippen LogP contribution is -2.66. The first kappa shape index (κ1) is 26.4. The Kier molecular flexibility index (Phi) is 8.63. The molecule has 7 nitrogen and oxygen atoms in total. The van der Waals surface area contributed by atoms with E-state index in [9.17, 15) is 14.7 Å². The molecule has 2 rings (SSSR count). The van der Waals surface area contributed by atoms with Gasteiger partial charge in [-0.3, -0.25) is 15.4 Å². The van der Waals surface area contributed by atoms with Gasteiger partial charge in [0.05, 0.1) is 6.54 Å². The van der Waals surface area contributed by atoms with Gasteiger partial charge in [-0.15, -0.1) is 0 Å². The number of aromatic hydroxyl groups is 1. The van der Waals surface area contributed by atoms with Crippen molar-refractivity contribution in [2.24, 2.45) is 0 Å². The Balaban J connectivity index is 2.39. The number of hydrogen-bond acceptors (Lipinski definition) is 7. The Bertz CT molecular complexity index is 914. The zero-order valence-corrected chi connectivity index (χ0v) is 20.4. The van der Waals surface area contributed by atoms with E-state index in [1.54, 1.807) is 65.8 Å². The molecule has 0 bridgehead atoms. The van der Waals surface area contributed by atoms with Crippen LogP contribution in [0.1, 0.15) is 52.7 Å². The van der Waals surface area contributed by atoms with Crippen LogP contribution in [0.15, 0.2) is 54.6 Å². The molecule has 180 valence electrons. The molecule has 33 heavy (non-hydrogen) atoms. The quantitative estimate of drug-likeness (QED) is 0.391. The third kappa shape index (κ3) is 9.24. The molecule has 0 unspecified atom stereocenters. The van der Waals surface area contributed by atoms with E-state index in [2.05, 4.69) is 10.6 Å². The number of phenols is 1. The van der Waals surface area contributed by atoms with Crippen LogP contribution in [0.3, 0.4) is 0 Å². The number of carbonyl (C=O) groups is 2. The summed E-state index contributed by atoms with van der Waals surface area (Å²) in [4.78, 5) is 26.0. The van der Waals surface area contributed by atoms with Crippen molar-refractivity contribution in [1.29, 1.82) is 0 Å². The van der Waals surface area contributed by atoms with E-state index < -0.39 is 28.8 Å². The second-order valence-electron chi connectivity index (χ2n) is 10.0. The maximum Gasteiger partial charge on any atom is 0.342 e. The van der Waals surface area contributed by atoms with Crippen molar-refractivity contribution in [2.45, 2.75) is 71.4 Å². The maximum atomic E-state index is 13.5. The summed E-state index contributed by atoms with van der Waals surface area (Å²) in [6, 6.07) is 16.2. The van der Waals surface area contributed by atoms with Crippen molar-refractivity contribution in [3.05, 3.63) is 65.7 Å². The molecule has 0 saturated heterocycles. The van der Waals surface area contributed by atoms with Crippen molar-refractivity contribution in [1.82, 2.24) is 10.6 Å². The summed E-state index contributed by atoms with van der Waals surface area (Å²) in [5.41, 5.74) is -1.07. The molecular formula is C26H36N2O5. The highest BCUT2D eigenvalue weighted by Gasteiger charge is 2.42. The summed E-state index contributed by atoms with van der Waals surface area (Å²) in [6.45, 7) is 10.9. The lowest BCUT2D eigenvalue weighted by Gasteiger charge is -2.36. The molecule has 0 saturated carbocycles. The number of nitrogens with one attached hydrogen (secondary N) is 2. The third-order valence-electron chi connectivity index (χ3n) is 4.54. The van der Waals surface area contributed by atoms with Crippen molar-refractivity contribution < 1.29 is 24.2 Å². The standard InChI is InChI=1S/C26H36N2O5/c1-24(2,3)32-22(30)18-28-26(23(31)33-25(4,5)6,16-19-12-14-21(29)15-13-19)27-17-20-10-8-7-9-11-20/h7-15,27-29H,16-18H2,1-6H3/t26-/m0/s1. The number of carbonyl (C=O) groups excluding carboxylic acids is 2. The first-order chi connectivity index (χ1) is 15.3. The van der Waals surface area contributed by atoms with Gasteiger partial charge in [0.2, 0.25) is 0 Å². The molecule has 7 heteroatoms. The highest BCUT2D eigenvalue weighted by Crippen LogP contribution is 2.21. The van der Waals surface area contributed by atoms with Crippen LogP contribution in [0.4, 0.5) is 0 Å². The van der Waals surface area contributed by atoms with Crippen molar-refractivity contribution >= 4 is 11.9 Å². The van der Waals surface area contributed by atoms with Gasteiger partial charge in [0.25, 0.3) is 0 Å². The predicted molar refractivity (Wildman–Crippen MR) is 128 cm³/mol. The van der Waals surface area contributed by atoms with Gasteiger partial charge in [0.1, 0.15) is 17.0 Å². The molecule has 0 aliphatic heterocycles. The smallest absolute Gasteiger partial charge is 0.342 e. The van der Waals surface area contributed by atoms with Crippen LogP contribution in [-0.4, -0.2) is 40.5 Å². The monoisotopic (exact) mass is 456 g/mol. The molecule has 2 aromatic carbocycles. The van der Waals surface area contributed by atoms with Gasteiger partial charge in [-0.2, -0.15) is 0 Å². The molecule has 0 heterocycles. The number of esters is 2. The lowest BCUT2D eigenvalue weighted by molar-refractivity contribution is -0.166. The Morgan fingerprint density at radius 2 is 1.36 bits per heavy atom. The molecule has 3 N–H and O–H groups in total. The van der Waals surface area contributed by atoms with E-state index in [1.165, 1.54) is 0 Å². The minimum atomic E-state index is -1.42. The molecule has 0 aliphatic rings. The van der Waals surface area contributed by atoms with Gasteiger partial charge in [0.15, 0.2) is 5.66 Å². The van der Waals surface area contributed by atoms with E-state index in [0.29, 0.717) is 6.54 Å². The van der Waals surface area contributed by atoms with Crippen LogP contribution in [0.2, 0.25) is 0 Å². The van der Waals surface area contributed by atoms with Crippen LogP contribution < -0.4 is 10.6 Å². The normalized spacial score (nSPS) is 13.8. The van der Waals surface area contributed by atoms with Gasteiger partial charge in [0, 0.05) is 13.0 Å². The van der Waals surface area contributed by atoms with E-state index in [-0.39, 0.29) is 18.7 Å².